The first-order valence-corrected chi connectivity index (χ1v) is 10.6. The number of allylic oxidation sites excluding steroid dienone is 2. The zero-order valence-corrected chi connectivity index (χ0v) is 19.1. The molecule has 32 heavy (non-hydrogen) atoms. The molecule has 0 spiro atoms. The number of methoxy groups -OCH3 is 1. The van der Waals surface area contributed by atoms with Crippen molar-refractivity contribution in [3.8, 4) is 11.5 Å². The lowest BCUT2D eigenvalue weighted by Crippen LogP contribution is -2.15. The number of hydrogen-bond acceptors (Lipinski definition) is 3. The highest BCUT2D eigenvalue weighted by Crippen LogP contribution is 2.36. The average molecular weight is 448 g/mol. The Kier molecular flexibility index (Phi) is 7.74. The minimum absolute atomic E-state index is 0.0963. The molecule has 3 aromatic rings. The van der Waals surface area contributed by atoms with Crippen LogP contribution in [0, 0.1) is 0 Å². The van der Waals surface area contributed by atoms with Gasteiger partial charge in [-0.05, 0) is 61.7 Å². The zero-order chi connectivity index (χ0) is 23.1. The molecule has 0 bridgehead atoms. The number of halogens is 1. The first-order valence-electron chi connectivity index (χ1n) is 10.2. The summed E-state index contributed by atoms with van der Waals surface area (Å²) in [5.74, 6) is 0.00965. The lowest BCUT2D eigenvalue weighted by atomic mass is 9.96. The number of amides is 1. The molecular formula is C27H26ClNO3. The fourth-order valence-electron chi connectivity index (χ4n) is 3.24. The molecule has 0 fully saturated rings. The fourth-order valence-corrected chi connectivity index (χ4v) is 3.36. The molecule has 0 aromatic heterocycles. The topological polar surface area (TPSA) is 58.6 Å². The van der Waals surface area contributed by atoms with Crippen LogP contribution in [0.25, 0.3) is 12.2 Å². The lowest BCUT2D eigenvalue weighted by molar-refractivity contribution is 0.102. The van der Waals surface area contributed by atoms with Gasteiger partial charge in [0.25, 0.3) is 5.91 Å². The van der Waals surface area contributed by atoms with Crippen molar-refractivity contribution in [3.05, 3.63) is 99.6 Å². The van der Waals surface area contributed by atoms with Crippen molar-refractivity contribution in [3.63, 3.8) is 0 Å². The smallest absolute Gasteiger partial charge is 0.260 e. The summed E-state index contributed by atoms with van der Waals surface area (Å²) in [6.07, 6.45) is 6.13. The van der Waals surface area contributed by atoms with Gasteiger partial charge >= 0.3 is 0 Å². The normalized spacial score (nSPS) is 10.8. The summed E-state index contributed by atoms with van der Waals surface area (Å²) in [6.45, 7) is 3.96. The highest BCUT2D eigenvalue weighted by molar-refractivity contribution is 6.30. The number of nitrogens with one attached hydrogen (secondary N) is 1. The second kappa shape index (κ2) is 10.7. The molecule has 5 heteroatoms. The molecule has 2 N–H and O–H groups in total. The lowest BCUT2D eigenvalue weighted by Gasteiger charge is -2.16. The summed E-state index contributed by atoms with van der Waals surface area (Å²) in [5.41, 5.74) is 3.96. The molecule has 0 saturated heterocycles. The quantitative estimate of drug-likeness (QED) is 0.303. The van der Waals surface area contributed by atoms with Crippen LogP contribution in [0.4, 0.5) is 5.69 Å². The molecule has 164 valence electrons. The molecule has 0 aliphatic heterocycles. The SMILES string of the molecule is COc1cc(C=Cc2ccccc2)c(C(=O)Nc2ccc(Cl)cc2)c(O)c1CC=C(C)C. The van der Waals surface area contributed by atoms with Gasteiger partial charge in [-0.2, -0.15) is 0 Å². The Hall–Kier alpha value is -3.50. The summed E-state index contributed by atoms with van der Waals surface area (Å²) >= 11 is 5.95. The van der Waals surface area contributed by atoms with Crippen LogP contribution in [0.2, 0.25) is 5.02 Å². The Labute approximate surface area is 193 Å². The van der Waals surface area contributed by atoms with Gasteiger partial charge in [0.1, 0.15) is 11.5 Å². The number of hydrogen-bond donors (Lipinski definition) is 2. The van der Waals surface area contributed by atoms with Crippen LogP contribution in [-0.2, 0) is 6.42 Å². The molecular weight excluding hydrogens is 422 g/mol. The van der Waals surface area contributed by atoms with Gasteiger partial charge in [0.2, 0.25) is 0 Å². The molecule has 3 aromatic carbocycles. The molecule has 0 unspecified atom stereocenters. The van der Waals surface area contributed by atoms with Crippen LogP contribution in [0.1, 0.15) is 40.9 Å². The fraction of sp³-hybridized carbons (Fsp3) is 0.148. The minimum Gasteiger partial charge on any atom is -0.507 e. The number of phenolic OH excluding ortho intramolecular Hbond substituents is 1. The van der Waals surface area contributed by atoms with Gasteiger partial charge < -0.3 is 15.2 Å². The molecule has 0 atom stereocenters. The van der Waals surface area contributed by atoms with Gasteiger partial charge in [-0.15, -0.1) is 0 Å². The first-order chi connectivity index (χ1) is 15.4. The van der Waals surface area contributed by atoms with Gasteiger partial charge in [0.15, 0.2) is 0 Å². The van der Waals surface area contributed by atoms with E-state index in [1.165, 1.54) is 0 Å². The molecule has 1 amide bonds. The van der Waals surface area contributed by atoms with Gasteiger partial charge in [-0.1, -0.05) is 65.7 Å². The number of ether oxygens (including phenoxy) is 1. The van der Waals surface area contributed by atoms with Crippen LogP contribution < -0.4 is 10.1 Å². The third-order valence-electron chi connectivity index (χ3n) is 4.91. The molecule has 4 nitrogen and oxygen atoms in total. The number of carbonyl (C=O) groups excluding carboxylic acids is 1. The largest absolute Gasteiger partial charge is 0.507 e. The third-order valence-corrected chi connectivity index (χ3v) is 5.17. The predicted octanol–water partition coefficient (Wildman–Crippen LogP) is 6.99. The van der Waals surface area contributed by atoms with Crippen molar-refractivity contribution in [1.29, 1.82) is 0 Å². The Balaban J connectivity index is 2.09. The maximum atomic E-state index is 13.2. The number of carbonyl (C=O) groups is 1. The van der Waals surface area contributed by atoms with Crippen molar-refractivity contribution >= 4 is 35.3 Å². The van der Waals surface area contributed by atoms with Crippen molar-refractivity contribution in [1.82, 2.24) is 0 Å². The Bertz CT molecular complexity index is 1150. The standard InChI is InChI=1S/C27H26ClNO3/c1-18(2)9-16-23-24(32-3)17-20(11-10-19-7-5-4-6-8-19)25(26(23)30)27(31)29-22-14-12-21(28)13-15-22/h4-15,17,30H,16H2,1-3H3,(H,29,31). The molecule has 0 heterocycles. The van der Waals surface area contributed by atoms with Gasteiger partial charge in [0.05, 0.1) is 12.7 Å². The number of aromatic hydroxyl groups is 1. The van der Waals surface area contributed by atoms with Gasteiger partial charge in [0, 0.05) is 16.3 Å². The molecule has 0 radical (unpaired) electrons. The third kappa shape index (κ3) is 5.80. The maximum absolute atomic E-state index is 13.2. The summed E-state index contributed by atoms with van der Waals surface area (Å²) in [4.78, 5) is 13.2. The first kappa shape index (κ1) is 23.2. The van der Waals surface area contributed by atoms with E-state index < -0.39 is 5.91 Å². The van der Waals surface area contributed by atoms with Gasteiger partial charge in [-0.3, -0.25) is 4.79 Å². The van der Waals surface area contributed by atoms with E-state index in [1.54, 1.807) is 43.5 Å². The highest BCUT2D eigenvalue weighted by atomic mass is 35.5. The highest BCUT2D eigenvalue weighted by Gasteiger charge is 2.22. The maximum Gasteiger partial charge on any atom is 0.260 e. The molecule has 0 aliphatic carbocycles. The van der Waals surface area contributed by atoms with Crippen LogP contribution in [0.5, 0.6) is 11.5 Å². The second-order valence-corrected chi connectivity index (χ2v) is 8.00. The number of rotatable bonds is 7. The monoisotopic (exact) mass is 447 g/mol. The van der Waals surface area contributed by atoms with Crippen molar-refractivity contribution < 1.29 is 14.6 Å². The number of benzene rings is 3. The van der Waals surface area contributed by atoms with Crippen LogP contribution in [-0.4, -0.2) is 18.1 Å². The van der Waals surface area contributed by atoms with E-state index in [1.807, 2.05) is 56.3 Å². The summed E-state index contributed by atoms with van der Waals surface area (Å²) in [6, 6.07) is 18.3. The van der Waals surface area contributed by atoms with Crippen LogP contribution in [0.3, 0.4) is 0 Å². The van der Waals surface area contributed by atoms with E-state index in [0.29, 0.717) is 34.0 Å². The Morgan fingerprint density at radius 3 is 2.38 bits per heavy atom. The summed E-state index contributed by atoms with van der Waals surface area (Å²) in [5, 5.41) is 14.6. The Morgan fingerprint density at radius 2 is 1.75 bits per heavy atom. The summed E-state index contributed by atoms with van der Waals surface area (Å²) < 4.78 is 5.55. The number of anilines is 1. The van der Waals surface area contributed by atoms with Crippen molar-refractivity contribution in [2.75, 3.05) is 12.4 Å². The molecule has 0 aliphatic rings. The van der Waals surface area contributed by atoms with E-state index in [4.69, 9.17) is 16.3 Å². The summed E-state index contributed by atoms with van der Waals surface area (Å²) in [7, 11) is 1.55. The average Bonchev–Trinajstić information content (AvgIpc) is 2.78. The van der Waals surface area contributed by atoms with E-state index in [0.717, 1.165) is 11.1 Å². The van der Waals surface area contributed by atoms with Crippen molar-refractivity contribution in [2.24, 2.45) is 0 Å². The van der Waals surface area contributed by atoms with Gasteiger partial charge in [-0.25, -0.2) is 0 Å². The Morgan fingerprint density at radius 1 is 1.06 bits per heavy atom. The minimum atomic E-state index is -0.418. The van der Waals surface area contributed by atoms with E-state index in [9.17, 15) is 9.90 Å². The van der Waals surface area contributed by atoms with E-state index in [-0.39, 0.29) is 11.3 Å². The van der Waals surface area contributed by atoms with Crippen molar-refractivity contribution in [2.45, 2.75) is 20.3 Å². The molecule has 3 rings (SSSR count). The van der Waals surface area contributed by atoms with Crippen LogP contribution in [0.15, 0.2) is 72.3 Å². The van der Waals surface area contributed by atoms with Crippen LogP contribution >= 0.6 is 11.6 Å². The number of phenols is 1. The van der Waals surface area contributed by atoms with E-state index in [2.05, 4.69) is 5.32 Å². The van der Waals surface area contributed by atoms with E-state index >= 15 is 0 Å². The zero-order valence-electron chi connectivity index (χ0n) is 18.4. The predicted molar refractivity (Wildman–Crippen MR) is 133 cm³/mol. The molecule has 0 saturated carbocycles. The second-order valence-electron chi connectivity index (χ2n) is 7.56.